The molecule has 0 aromatic heterocycles. The fourth-order valence-corrected chi connectivity index (χ4v) is 2.85. The van der Waals surface area contributed by atoms with Gasteiger partial charge in [0.25, 0.3) is 0 Å². The Hall–Kier alpha value is -1.20. The molecule has 1 heterocycles. The first-order chi connectivity index (χ1) is 9.52. The van der Waals surface area contributed by atoms with E-state index in [4.69, 9.17) is 5.73 Å². The van der Waals surface area contributed by atoms with E-state index < -0.39 is 11.6 Å². The second-order valence-corrected chi connectivity index (χ2v) is 5.42. The highest BCUT2D eigenvalue weighted by atomic mass is 35.5. The van der Waals surface area contributed by atoms with E-state index in [1.54, 1.807) is 4.90 Å². The van der Waals surface area contributed by atoms with Crippen molar-refractivity contribution in [3.63, 3.8) is 0 Å². The fraction of sp³-hybridized carbons (Fsp3) is 0.533. The zero-order valence-corrected chi connectivity index (χ0v) is 12.8. The number of hydrogen-bond acceptors (Lipinski definition) is 2. The molecular formula is C15H21ClF2N2O. The summed E-state index contributed by atoms with van der Waals surface area (Å²) < 4.78 is 26.5. The molecule has 2 N–H and O–H groups in total. The Balaban J connectivity index is 0.00000220. The van der Waals surface area contributed by atoms with Gasteiger partial charge in [0.05, 0.1) is 6.42 Å². The lowest BCUT2D eigenvalue weighted by Crippen LogP contribution is -2.51. The Kier molecular flexibility index (Phi) is 6.55. The summed E-state index contributed by atoms with van der Waals surface area (Å²) in [4.78, 5) is 14.1. The summed E-state index contributed by atoms with van der Waals surface area (Å²) in [7, 11) is 0. The molecule has 2 unspecified atom stereocenters. The zero-order chi connectivity index (χ0) is 14.7. The molecule has 1 saturated heterocycles. The van der Waals surface area contributed by atoms with Crippen molar-refractivity contribution in [3.05, 3.63) is 35.4 Å². The number of piperidine rings is 1. The van der Waals surface area contributed by atoms with Crippen molar-refractivity contribution in [3.8, 4) is 0 Å². The van der Waals surface area contributed by atoms with Crippen LogP contribution in [-0.2, 0) is 11.2 Å². The lowest BCUT2D eigenvalue weighted by molar-refractivity contribution is -0.135. The number of halogens is 3. The van der Waals surface area contributed by atoms with E-state index in [1.165, 1.54) is 12.1 Å². The van der Waals surface area contributed by atoms with Crippen molar-refractivity contribution in [1.29, 1.82) is 0 Å². The average Bonchev–Trinajstić information content (AvgIpc) is 2.41. The van der Waals surface area contributed by atoms with Gasteiger partial charge in [0, 0.05) is 25.2 Å². The Morgan fingerprint density at radius 3 is 2.76 bits per heavy atom. The van der Waals surface area contributed by atoms with E-state index in [0.717, 1.165) is 18.9 Å². The number of carbonyl (C=O) groups excluding carboxylic acids is 1. The monoisotopic (exact) mass is 318 g/mol. The Morgan fingerprint density at radius 1 is 1.43 bits per heavy atom. The predicted molar refractivity (Wildman–Crippen MR) is 80.3 cm³/mol. The van der Waals surface area contributed by atoms with Crippen LogP contribution in [0.3, 0.4) is 0 Å². The van der Waals surface area contributed by atoms with Crippen molar-refractivity contribution >= 4 is 18.3 Å². The molecule has 0 aliphatic carbocycles. The van der Waals surface area contributed by atoms with Gasteiger partial charge in [-0.2, -0.15) is 0 Å². The largest absolute Gasteiger partial charge is 0.338 e. The number of benzene rings is 1. The summed E-state index contributed by atoms with van der Waals surface area (Å²) in [5.74, 6) is -1.09. The molecule has 1 aliphatic rings. The molecule has 3 nitrogen and oxygen atoms in total. The normalized spacial score (nSPS) is 21.8. The van der Waals surface area contributed by atoms with Gasteiger partial charge in [-0.15, -0.1) is 12.4 Å². The van der Waals surface area contributed by atoms with Gasteiger partial charge in [0.1, 0.15) is 11.6 Å². The molecule has 21 heavy (non-hydrogen) atoms. The molecular weight excluding hydrogens is 298 g/mol. The molecule has 1 aromatic rings. The lowest BCUT2D eigenvalue weighted by Gasteiger charge is -2.39. The minimum atomic E-state index is -0.673. The summed E-state index contributed by atoms with van der Waals surface area (Å²) in [6.07, 6.45) is 1.95. The van der Waals surface area contributed by atoms with E-state index in [-0.39, 0.29) is 36.3 Å². The first-order valence-electron chi connectivity index (χ1n) is 6.96. The minimum Gasteiger partial charge on any atom is -0.338 e. The Morgan fingerprint density at radius 2 is 2.14 bits per heavy atom. The lowest BCUT2D eigenvalue weighted by atomic mass is 9.90. The number of likely N-dealkylation sites (tertiary alicyclic amines) is 1. The second kappa shape index (κ2) is 7.71. The molecule has 0 bridgehead atoms. The van der Waals surface area contributed by atoms with Crippen LogP contribution in [0.2, 0.25) is 0 Å². The number of nitrogens with zero attached hydrogens (tertiary/aromatic N) is 1. The summed E-state index contributed by atoms with van der Waals surface area (Å²) in [6.45, 7) is 3.15. The molecule has 1 aromatic carbocycles. The SMILES string of the molecule is CC1CCCN(C(=O)Cc2ccc(F)cc2F)C1CN.Cl. The third-order valence-corrected chi connectivity index (χ3v) is 4.03. The number of nitrogens with two attached hydrogens (primary N) is 1. The summed E-state index contributed by atoms with van der Waals surface area (Å²) >= 11 is 0. The van der Waals surface area contributed by atoms with Gasteiger partial charge >= 0.3 is 0 Å². The Bertz CT molecular complexity index is 499. The highest BCUT2D eigenvalue weighted by Crippen LogP contribution is 2.23. The smallest absolute Gasteiger partial charge is 0.227 e. The summed E-state index contributed by atoms with van der Waals surface area (Å²) in [5, 5.41) is 0. The predicted octanol–water partition coefficient (Wildman–Crippen LogP) is 2.51. The zero-order valence-electron chi connectivity index (χ0n) is 12.0. The maximum atomic E-state index is 13.6. The van der Waals surface area contributed by atoms with Crippen molar-refractivity contribution in [2.45, 2.75) is 32.2 Å². The Labute approximate surface area is 129 Å². The van der Waals surface area contributed by atoms with Gasteiger partial charge < -0.3 is 10.6 Å². The quantitative estimate of drug-likeness (QED) is 0.931. The standard InChI is InChI=1S/C15H20F2N2O.ClH/c1-10-3-2-6-19(14(10)9-18)15(20)7-11-4-5-12(16)8-13(11)17;/h4-5,8,10,14H,2-3,6-7,9,18H2,1H3;1H. The van der Waals surface area contributed by atoms with Crippen molar-refractivity contribution in [2.24, 2.45) is 11.7 Å². The topological polar surface area (TPSA) is 46.3 Å². The fourth-order valence-electron chi connectivity index (χ4n) is 2.85. The molecule has 0 saturated carbocycles. The van der Waals surface area contributed by atoms with E-state index in [1.807, 2.05) is 0 Å². The maximum absolute atomic E-state index is 13.6. The van der Waals surface area contributed by atoms with Crippen LogP contribution in [0.4, 0.5) is 8.78 Å². The minimum absolute atomic E-state index is 0. The summed E-state index contributed by atoms with van der Waals surface area (Å²) in [5.41, 5.74) is 5.97. The second-order valence-electron chi connectivity index (χ2n) is 5.42. The van der Waals surface area contributed by atoms with Crippen LogP contribution in [0.5, 0.6) is 0 Å². The van der Waals surface area contributed by atoms with Gasteiger partial charge in [-0.3, -0.25) is 4.79 Å². The van der Waals surface area contributed by atoms with E-state index in [0.29, 0.717) is 19.0 Å². The molecule has 2 atom stereocenters. The molecule has 1 fully saturated rings. The third kappa shape index (κ3) is 4.14. The maximum Gasteiger partial charge on any atom is 0.227 e. The molecule has 1 amide bonds. The highest BCUT2D eigenvalue weighted by molar-refractivity contribution is 5.85. The van der Waals surface area contributed by atoms with Crippen molar-refractivity contribution in [2.75, 3.05) is 13.1 Å². The molecule has 118 valence electrons. The van der Waals surface area contributed by atoms with Crippen LogP contribution in [-0.4, -0.2) is 29.9 Å². The number of hydrogen-bond donors (Lipinski definition) is 1. The van der Waals surface area contributed by atoms with Gasteiger partial charge in [0.15, 0.2) is 0 Å². The van der Waals surface area contributed by atoms with Crippen LogP contribution in [0.1, 0.15) is 25.3 Å². The molecule has 2 rings (SSSR count). The van der Waals surface area contributed by atoms with Gasteiger partial charge in [-0.1, -0.05) is 13.0 Å². The number of carbonyl (C=O) groups is 1. The first kappa shape index (κ1) is 17.9. The summed E-state index contributed by atoms with van der Waals surface area (Å²) in [6, 6.07) is 3.32. The van der Waals surface area contributed by atoms with Crippen LogP contribution in [0.25, 0.3) is 0 Å². The first-order valence-corrected chi connectivity index (χ1v) is 6.96. The molecule has 0 spiro atoms. The molecule has 1 aliphatic heterocycles. The molecule has 6 heteroatoms. The van der Waals surface area contributed by atoms with Crippen molar-refractivity contribution < 1.29 is 13.6 Å². The van der Waals surface area contributed by atoms with Crippen LogP contribution >= 0.6 is 12.4 Å². The number of amides is 1. The van der Waals surface area contributed by atoms with Crippen LogP contribution in [0, 0.1) is 17.6 Å². The van der Waals surface area contributed by atoms with Gasteiger partial charge in [-0.25, -0.2) is 8.78 Å². The van der Waals surface area contributed by atoms with Crippen LogP contribution < -0.4 is 5.73 Å². The van der Waals surface area contributed by atoms with Gasteiger partial charge in [0.2, 0.25) is 5.91 Å². The van der Waals surface area contributed by atoms with E-state index in [9.17, 15) is 13.6 Å². The average molecular weight is 319 g/mol. The van der Waals surface area contributed by atoms with Crippen LogP contribution in [0.15, 0.2) is 18.2 Å². The van der Waals surface area contributed by atoms with Crippen molar-refractivity contribution in [1.82, 2.24) is 4.90 Å². The van der Waals surface area contributed by atoms with Gasteiger partial charge in [-0.05, 0) is 30.4 Å². The molecule has 0 radical (unpaired) electrons. The van der Waals surface area contributed by atoms with E-state index >= 15 is 0 Å². The highest BCUT2D eigenvalue weighted by Gasteiger charge is 2.30. The van der Waals surface area contributed by atoms with E-state index in [2.05, 4.69) is 6.92 Å². The third-order valence-electron chi connectivity index (χ3n) is 4.03. The number of rotatable bonds is 3.